The highest BCUT2D eigenvalue weighted by molar-refractivity contribution is 5.90. The average molecular weight is 499 g/mol. The number of allylic oxidation sites excluding steroid dienone is 4. The van der Waals surface area contributed by atoms with E-state index in [1.165, 1.54) is 19.4 Å². The summed E-state index contributed by atoms with van der Waals surface area (Å²) in [5.74, 6) is 1.65. The maximum Gasteiger partial charge on any atom is 0.302 e. The summed E-state index contributed by atoms with van der Waals surface area (Å²) in [7, 11) is 0. The average Bonchev–Trinajstić information content (AvgIpc) is 3.10. The van der Waals surface area contributed by atoms with Crippen molar-refractivity contribution in [3.63, 3.8) is 0 Å². The smallest absolute Gasteiger partial charge is 0.302 e. The fourth-order valence-corrected chi connectivity index (χ4v) is 8.76. The number of ketones is 1. The van der Waals surface area contributed by atoms with Gasteiger partial charge in [-0.2, -0.15) is 0 Å². The minimum absolute atomic E-state index is 0.0444. The highest BCUT2D eigenvalue weighted by Crippen LogP contribution is 2.66. The summed E-state index contributed by atoms with van der Waals surface area (Å²) >= 11 is 0. The summed E-state index contributed by atoms with van der Waals surface area (Å²) in [6.45, 7) is 14.1. The monoisotopic (exact) mass is 498 g/mol. The first-order valence-corrected chi connectivity index (χ1v) is 14.1. The van der Waals surface area contributed by atoms with Crippen LogP contribution in [0.15, 0.2) is 23.3 Å². The van der Waals surface area contributed by atoms with Crippen molar-refractivity contribution in [2.45, 2.75) is 112 Å². The molecule has 0 bridgehead atoms. The lowest BCUT2D eigenvalue weighted by Gasteiger charge is -2.58. The summed E-state index contributed by atoms with van der Waals surface area (Å²) in [5, 5.41) is 0. The van der Waals surface area contributed by atoms with Crippen LogP contribution in [0.25, 0.3) is 0 Å². The molecule has 4 aliphatic carbocycles. The van der Waals surface area contributed by atoms with E-state index in [2.05, 4.69) is 40.7 Å². The first kappa shape index (κ1) is 27.1. The van der Waals surface area contributed by atoms with E-state index in [1.54, 1.807) is 5.57 Å². The van der Waals surface area contributed by atoms with E-state index < -0.39 is 0 Å². The van der Waals surface area contributed by atoms with Crippen LogP contribution in [-0.4, -0.2) is 29.9 Å². The first-order valence-electron chi connectivity index (χ1n) is 14.1. The van der Waals surface area contributed by atoms with Gasteiger partial charge in [0.05, 0.1) is 0 Å². The van der Waals surface area contributed by atoms with E-state index in [-0.39, 0.29) is 46.7 Å². The van der Waals surface area contributed by atoms with E-state index in [0.717, 1.165) is 44.9 Å². The van der Waals surface area contributed by atoms with Gasteiger partial charge in [0.1, 0.15) is 12.2 Å². The summed E-state index contributed by atoms with van der Waals surface area (Å²) in [4.78, 5) is 36.4. The van der Waals surface area contributed by atoms with Crippen LogP contribution >= 0.6 is 0 Å². The quantitative estimate of drug-likeness (QED) is 0.234. The Hall–Kier alpha value is -1.91. The highest BCUT2D eigenvalue weighted by atomic mass is 16.5. The largest absolute Gasteiger partial charge is 0.463 e. The fraction of sp³-hybridized carbons (Fsp3) is 0.774. The van der Waals surface area contributed by atoms with Crippen molar-refractivity contribution in [1.29, 1.82) is 0 Å². The third-order valence-electron chi connectivity index (χ3n) is 10.2. The van der Waals surface area contributed by atoms with Crippen LogP contribution in [0, 0.1) is 40.4 Å². The lowest BCUT2D eigenvalue weighted by atomic mass is 9.47. The second kappa shape index (κ2) is 10.1. The Labute approximate surface area is 217 Å². The molecular formula is C31H46O5. The molecule has 0 saturated heterocycles. The molecule has 4 aliphatic rings. The zero-order valence-electron chi connectivity index (χ0n) is 23.4. The molecular weight excluding hydrogens is 452 g/mol. The molecule has 5 nitrogen and oxygen atoms in total. The zero-order chi connectivity index (χ0) is 26.4. The predicted molar refractivity (Wildman–Crippen MR) is 140 cm³/mol. The molecule has 0 radical (unpaired) electrons. The van der Waals surface area contributed by atoms with E-state index in [9.17, 15) is 14.4 Å². The molecule has 0 amide bonds. The van der Waals surface area contributed by atoms with Crippen molar-refractivity contribution in [3.8, 4) is 0 Å². The molecule has 200 valence electrons. The first-order chi connectivity index (χ1) is 16.8. The standard InChI is InChI=1S/C31H46O5/c1-18(2)14-22(34)15-19(3)25-8-9-26-24-17-29(36-21(5)33)28-16-23(35-20(4)32)10-12-31(28,7)27(24)11-13-30(25,26)6/h11,15,18,23-26,28-29H,8-10,12-14,16-17H2,1-7H3/b19-15-/t23-,24-,25+,26-,28+,29-,30+,31+/m0/s1. The van der Waals surface area contributed by atoms with Crippen molar-refractivity contribution in [3.05, 3.63) is 23.3 Å². The van der Waals surface area contributed by atoms with Gasteiger partial charge in [-0.1, -0.05) is 44.9 Å². The molecule has 0 unspecified atom stereocenters. The van der Waals surface area contributed by atoms with E-state index in [1.807, 2.05) is 6.08 Å². The molecule has 4 rings (SSSR count). The van der Waals surface area contributed by atoms with Crippen molar-refractivity contribution in [1.82, 2.24) is 0 Å². The third-order valence-corrected chi connectivity index (χ3v) is 10.2. The van der Waals surface area contributed by atoms with Gasteiger partial charge < -0.3 is 9.47 Å². The third kappa shape index (κ3) is 4.96. The van der Waals surface area contributed by atoms with Crippen LogP contribution in [0.5, 0.6) is 0 Å². The molecule has 36 heavy (non-hydrogen) atoms. The van der Waals surface area contributed by atoms with E-state index in [4.69, 9.17) is 9.47 Å². The summed E-state index contributed by atoms with van der Waals surface area (Å²) < 4.78 is 11.6. The van der Waals surface area contributed by atoms with Crippen molar-refractivity contribution >= 4 is 17.7 Å². The Morgan fingerprint density at radius 1 is 1.00 bits per heavy atom. The number of fused-ring (bicyclic) bond motifs is 5. The van der Waals surface area contributed by atoms with Crippen molar-refractivity contribution in [2.75, 3.05) is 0 Å². The number of ether oxygens (including phenoxy) is 2. The van der Waals surface area contributed by atoms with E-state index >= 15 is 0 Å². The number of hydrogen-bond donors (Lipinski definition) is 0. The van der Waals surface area contributed by atoms with Gasteiger partial charge in [0.15, 0.2) is 5.78 Å². The molecule has 3 saturated carbocycles. The molecule has 8 atom stereocenters. The maximum atomic E-state index is 12.6. The van der Waals surface area contributed by atoms with Crippen LogP contribution in [0.1, 0.15) is 99.8 Å². The van der Waals surface area contributed by atoms with Crippen molar-refractivity contribution in [2.24, 2.45) is 40.4 Å². The van der Waals surface area contributed by atoms with Crippen LogP contribution in [-0.2, 0) is 23.9 Å². The van der Waals surface area contributed by atoms with Gasteiger partial charge in [0.25, 0.3) is 0 Å². The number of esters is 2. The van der Waals surface area contributed by atoms with Gasteiger partial charge in [0, 0.05) is 26.2 Å². The highest BCUT2D eigenvalue weighted by Gasteiger charge is 2.60. The summed E-state index contributed by atoms with van der Waals surface area (Å²) in [5.41, 5.74) is 2.86. The topological polar surface area (TPSA) is 69.7 Å². The number of hydrogen-bond acceptors (Lipinski definition) is 5. The second-order valence-electron chi connectivity index (χ2n) is 13.1. The summed E-state index contributed by atoms with van der Waals surface area (Å²) in [6.07, 6.45) is 11.5. The molecule has 5 heteroatoms. The fourth-order valence-electron chi connectivity index (χ4n) is 8.76. The SMILES string of the molecule is CC(=O)O[C@H]1CC[C@]2(C)C3=CC[C@]4(C)[C@@H](/C(C)=C\C(=O)CC(C)C)CC[C@H]4[C@@H]3C[C@H](OC(C)=O)[C@H]2C1. The Bertz CT molecular complexity index is 960. The molecule has 0 N–H and O–H groups in total. The van der Waals surface area contributed by atoms with Gasteiger partial charge >= 0.3 is 11.9 Å². The molecule has 0 aliphatic heterocycles. The lowest BCUT2D eigenvalue weighted by Crippen LogP contribution is -2.54. The van der Waals surface area contributed by atoms with Crippen molar-refractivity contribution < 1.29 is 23.9 Å². The molecule has 0 spiro atoms. The Morgan fingerprint density at radius 3 is 2.33 bits per heavy atom. The normalized spacial score (nSPS) is 40.0. The van der Waals surface area contributed by atoms with Gasteiger partial charge in [-0.15, -0.1) is 0 Å². The Kier molecular flexibility index (Phi) is 7.61. The lowest BCUT2D eigenvalue weighted by molar-refractivity contribution is -0.168. The van der Waals surface area contributed by atoms with Crippen LogP contribution in [0.2, 0.25) is 0 Å². The molecule has 0 aromatic rings. The molecule has 3 fully saturated rings. The molecule has 0 aromatic carbocycles. The minimum Gasteiger partial charge on any atom is -0.463 e. The van der Waals surface area contributed by atoms with Crippen LogP contribution < -0.4 is 0 Å². The van der Waals surface area contributed by atoms with Gasteiger partial charge in [-0.3, -0.25) is 14.4 Å². The number of carbonyl (C=O) groups excluding carboxylic acids is 3. The number of carbonyl (C=O) groups is 3. The maximum absolute atomic E-state index is 12.6. The zero-order valence-corrected chi connectivity index (χ0v) is 23.4. The molecule has 0 aromatic heterocycles. The van der Waals surface area contributed by atoms with Gasteiger partial charge in [0.2, 0.25) is 0 Å². The van der Waals surface area contributed by atoms with Crippen LogP contribution in [0.4, 0.5) is 0 Å². The van der Waals surface area contributed by atoms with E-state index in [0.29, 0.717) is 30.1 Å². The van der Waals surface area contributed by atoms with Gasteiger partial charge in [-0.25, -0.2) is 0 Å². The predicted octanol–water partition coefficient (Wildman–Crippen LogP) is 6.60. The molecule has 0 heterocycles. The van der Waals surface area contributed by atoms with Crippen LogP contribution in [0.3, 0.4) is 0 Å². The second-order valence-corrected chi connectivity index (χ2v) is 13.1. The van der Waals surface area contributed by atoms with Gasteiger partial charge in [-0.05, 0) is 92.4 Å². The number of rotatable bonds is 6. The Morgan fingerprint density at radius 2 is 1.69 bits per heavy atom. The Balaban J connectivity index is 1.64. The minimum atomic E-state index is -0.235. The summed E-state index contributed by atoms with van der Waals surface area (Å²) in [6, 6.07) is 0.